The Kier molecular flexibility index (Phi) is 6.34. The third-order valence-electron chi connectivity index (χ3n) is 3.03. The minimum absolute atomic E-state index is 0. The van der Waals surface area contributed by atoms with Gasteiger partial charge in [-0.15, -0.1) is 0 Å². The zero-order valence-electron chi connectivity index (χ0n) is 9.20. The van der Waals surface area contributed by atoms with E-state index in [1.807, 2.05) is 0 Å². The van der Waals surface area contributed by atoms with E-state index in [9.17, 15) is 20.4 Å². The van der Waals surface area contributed by atoms with Gasteiger partial charge in [0.15, 0.2) is 0 Å². The monoisotopic (exact) mass is 301 g/mol. The van der Waals surface area contributed by atoms with Crippen molar-refractivity contribution in [1.29, 1.82) is 0 Å². The van der Waals surface area contributed by atoms with Gasteiger partial charge in [-0.05, 0) is 0 Å². The first-order valence-electron chi connectivity index (χ1n) is 5.06. The summed E-state index contributed by atoms with van der Waals surface area (Å²) >= 11 is 0. The van der Waals surface area contributed by atoms with E-state index in [0.29, 0.717) is 6.54 Å². The van der Waals surface area contributed by atoms with Gasteiger partial charge >= 0.3 is 0 Å². The molecule has 6 nitrogen and oxygen atoms in total. The molecule has 98 valence electrons. The molecule has 0 bridgehead atoms. The summed E-state index contributed by atoms with van der Waals surface area (Å²) in [5, 5.41) is 47.0. The molecule has 7 heteroatoms. The Morgan fingerprint density at radius 3 is 1.69 bits per heavy atom. The van der Waals surface area contributed by atoms with Gasteiger partial charge in [-0.3, -0.25) is 0 Å². The van der Waals surface area contributed by atoms with E-state index < -0.39 is 24.4 Å². The van der Waals surface area contributed by atoms with Gasteiger partial charge < -0.3 is 47.0 Å². The standard InChI is InChI=1S/C9H20NO5.BrH/c1-10(2-3-11)4-6(12)8(14)9(15)7(13)5-10;/h6-9,11-15H,2-5H2,1H3;1H/q+1;/p-1/t6-,7-,8-,9-;/m1./s1. The molecule has 4 atom stereocenters. The summed E-state index contributed by atoms with van der Waals surface area (Å²) in [6.07, 6.45) is -4.85. The number of aliphatic hydroxyl groups is 5. The third kappa shape index (κ3) is 3.63. The number of rotatable bonds is 2. The zero-order chi connectivity index (χ0) is 11.6. The lowest BCUT2D eigenvalue weighted by molar-refractivity contribution is -0.914. The first kappa shape index (κ1) is 16.2. The summed E-state index contributed by atoms with van der Waals surface area (Å²) in [5.74, 6) is 0. The Balaban J connectivity index is 0.00000225. The summed E-state index contributed by atoms with van der Waals surface area (Å²) in [6, 6.07) is 0. The lowest BCUT2D eigenvalue weighted by atomic mass is 10.1. The average Bonchev–Trinajstić information content (AvgIpc) is 2.19. The molecule has 0 unspecified atom stereocenters. The fourth-order valence-electron chi connectivity index (χ4n) is 2.07. The number of quaternary nitrogens is 1. The van der Waals surface area contributed by atoms with Crippen molar-refractivity contribution in [3.05, 3.63) is 0 Å². The molecule has 0 amide bonds. The van der Waals surface area contributed by atoms with Gasteiger partial charge in [0.05, 0.1) is 13.7 Å². The molecule has 0 radical (unpaired) electrons. The van der Waals surface area contributed by atoms with Crippen LogP contribution in [0.4, 0.5) is 0 Å². The second-order valence-corrected chi connectivity index (χ2v) is 4.55. The molecule has 0 saturated carbocycles. The molecule has 1 aliphatic rings. The van der Waals surface area contributed by atoms with Gasteiger partial charge in [0.25, 0.3) is 0 Å². The zero-order valence-corrected chi connectivity index (χ0v) is 10.8. The van der Waals surface area contributed by atoms with E-state index in [1.165, 1.54) is 0 Å². The summed E-state index contributed by atoms with van der Waals surface area (Å²) in [7, 11) is 1.76. The van der Waals surface area contributed by atoms with Gasteiger partial charge in [-0.25, -0.2) is 0 Å². The SMILES string of the molecule is C[N+]1(CCO)C[C@@H](O)[C@@H](O)[C@H](O)[C@H](O)C1.[Br-]. The Labute approximate surface area is 105 Å². The van der Waals surface area contributed by atoms with Crippen molar-refractivity contribution in [2.75, 3.05) is 33.3 Å². The molecule has 16 heavy (non-hydrogen) atoms. The van der Waals surface area contributed by atoms with Crippen molar-refractivity contribution in [3.63, 3.8) is 0 Å². The predicted molar refractivity (Wildman–Crippen MR) is 51.9 cm³/mol. The second-order valence-electron chi connectivity index (χ2n) is 4.55. The maximum atomic E-state index is 9.59. The Bertz CT molecular complexity index is 202. The smallest absolute Gasteiger partial charge is 0.131 e. The maximum Gasteiger partial charge on any atom is 0.131 e. The van der Waals surface area contributed by atoms with Crippen molar-refractivity contribution < 1.29 is 47.0 Å². The molecule has 1 saturated heterocycles. The number of hydrogen-bond donors (Lipinski definition) is 5. The predicted octanol–water partition coefficient (Wildman–Crippen LogP) is -6.11. The molecule has 1 fully saturated rings. The van der Waals surface area contributed by atoms with Gasteiger partial charge in [-0.2, -0.15) is 0 Å². The highest BCUT2D eigenvalue weighted by Gasteiger charge is 2.42. The van der Waals surface area contributed by atoms with E-state index in [0.717, 1.165) is 0 Å². The van der Waals surface area contributed by atoms with Crippen molar-refractivity contribution in [3.8, 4) is 0 Å². The molecule has 0 aromatic rings. The van der Waals surface area contributed by atoms with Crippen LogP contribution in [0.25, 0.3) is 0 Å². The molecule has 0 aliphatic carbocycles. The highest BCUT2D eigenvalue weighted by molar-refractivity contribution is 4.84. The van der Waals surface area contributed by atoms with Gasteiger partial charge in [-0.1, -0.05) is 0 Å². The molecule has 1 heterocycles. The van der Waals surface area contributed by atoms with E-state index in [4.69, 9.17) is 5.11 Å². The fraction of sp³-hybridized carbons (Fsp3) is 1.00. The van der Waals surface area contributed by atoms with Gasteiger partial charge in [0.1, 0.15) is 44.1 Å². The number of aliphatic hydroxyl groups excluding tert-OH is 5. The number of likely N-dealkylation sites (tertiary alicyclic amines) is 1. The number of likely N-dealkylation sites (N-methyl/N-ethyl adjacent to an activating group) is 1. The van der Waals surface area contributed by atoms with Crippen LogP contribution in [-0.2, 0) is 0 Å². The van der Waals surface area contributed by atoms with Crippen LogP contribution in [0, 0.1) is 0 Å². The summed E-state index contributed by atoms with van der Waals surface area (Å²) < 4.78 is 0.229. The van der Waals surface area contributed by atoms with Crippen LogP contribution in [0.3, 0.4) is 0 Å². The van der Waals surface area contributed by atoms with Gasteiger partial charge in [0, 0.05) is 0 Å². The van der Waals surface area contributed by atoms with Crippen molar-refractivity contribution in [2.45, 2.75) is 24.4 Å². The molecule has 5 N–H and O–H groups in total. The van der Waals surface area contributed by atoms with Crippen LogP contribution in [0.1, 0.15) is 0 Å². The van der Waals surface area contributed by atoms with Crippen LogP contribution in [0.5, 0.6) is 0 Å². The summed E-state index contributed by atoms with van der Waals surface area (Å²) in [4.78, 5) is 0. The quantitative estimate of drug-likeness (QED) is 0.327. The van der Waals surface area contributed by atoms with Crippen LogP contribution in [0.2, 0.25) is 0 Å². The normalized spacial score (nSPS) is 44.6. The van der Waals surface area contributed by atoms with Gasteiger partial charge in [0.2, 0.25) is 0 Å². The van der Waals surface area contributed by atoms with Crippen LogP contribution in [0.15, 0.2) is 0 Å². The molecule has 1 rings (SSSR count). The number of hydrogen-bond acceptors (Lipinski definition) is 5. The average molecular weight is 302 g/mol. The molecule has 0 spiro atoms. The van der Waals surface area contributed by atoms with E-state index in [-0.39, 0.29) is 41.2 Å². The lowest BCUT2D eigenvalue weighted by Gasteiger charge is -2.34. The van der Waals surface area contributed by atoms with Crippen molar-refractivity contribution >= 4 is 0 Å². The Morgan fingerprint density at radius 2 is 1.38 bits per heavy atom. The highest BCUT2D eigenvalue weighted by Crippen LogP contribution is 2.18. The second kappa shape index (κ2) is 6.25. The lowest BCUT2D eigenvalue weighted by Crippen LogP contribution is -3.00. The fourth-order valence-corrected chi connectivity index (χ4v) is 2.07. The molecule has 1 aliphatic heterocycles. The topological polar surface area (TPSA) is 101 Å². The Morgan fingerprint density at radius 1 is 1.00 bits per heavy atom. The minimum atomic E-state index is -1.33. The third-order valence-corrected chi connectivity index (χ3v) is 3.03. The van der Waals surface area contributed by atoms with E-state index >= 15 is 0 Å². The van der Waals surface area contributed by atoms with E-state index in [2.05, 4.69) is 0 Å². The minimum Gasteiger partial charge on any atom is -1.00 e. The molecule has 0 aromatic carbocycles. The van der Waals surface area contributed by atoms with Crippen LogP contribution in [-0.4, -0.2) is 87.7 Å². The highest BCUT2D eigenvalue weighted by atomic mass is 79.9. The van der Waals surface area contributed by atoms with Crippen molar-refractivity contribution in [2.24, 2.45) is 0 Å². The maximum absolute atomic E-state index is 9.59. The molecule has 0 aromatic heterocycles. The molecular weight excluding hydrogens is 282 g/mol. The summed E-state index contributed by atoms with van der Waals surface area (Å²) in [6.45, 7) is 0.710. The van der Waals surface area contributed by atoms with E-state index in [1.54, 1.807) is 7.05 Å². The van der Waals surface area contributed by atoms with Crippen LogP contribution < -0.4 is 17.0 Å². The number of halogens is 1. The van der Waals surface area contributed by atoms with Crippen molar-refractivity contribution in [1.82, 2.24) is 0 Å². The first-order chi connectivity index (χ1) is 6.89. The molecular formula is C9H20BrNO5. The Hall–Kier alpha value is 0.240. The number of nitrogens with zero attached hydrogens (tertiary/aromatic N) is 1. The largest absolute Gasteiger partial charge is 1.00 e. The first-order valence-corrected chi connectivity index (χ1v) is 5.06. The summed E-state index contributed by atoms with van der Waals surface area (Å²) in [5.41, 5.74) is 0. The van der Waals surface area contributed by atoms with Crippen LogP contribution >= 0.6 is 0 Å².